The minimum absolute atomic E-state index is 0.00405. The van der Waals surface area contributed by atoms with Gasteiger partial charge in [0.25, 0.3) is 0 Å². The monoisotopic (exact) mass is 381 g/mol. The molecule has 0 amide bonds. The lowest BCUT2D eigenvalue weighted by molar-refractivity contribution is -0.255. The first kappa shape index (κ1) is 19.0. The van der Waals surface area contributed by atoms with E-state index in [1.807, 2.05) is 6.07 Å². The topological polar surface area (TPSA) is 68.8 Å². The van der Waals surface area contributed by atoms with E-state index < -0.39 is 17.7 Å². The molecule has 0 saturated carbocycles. The number of benzene rings is 2. The summed E-state index contributed by atoms with van der Waals surface area (Å²) in [5.74, 6) is -1.31. The van der Waals surface area contributed by atoms with Crippen LogP contribution < -0.4 is 5.11 Å². The number of nitriles is 1. The van der Waals surface area contributed by atoms with E-state index in [4.69, 9.17) is 0 Å². The molecule has 1 aromatic heterocycles. The van der Waals surface area contributed by atoms with Crippen molar-refractivity contribution in [3.05, 3.63) is 89.2 Å². The second kappa shape index (κ2) is 7.45. The molecule has 0 atom stereocenters. The summed E-state index contributed by atoms with van der Waals surface area (Å²) in [6.45, 7) is 0. The Bertz CT molecular complexity index is 1090. The molecule has 0 bridgehead atoms. The normalized spacial score (nSPS) is 11.9. The molecule has 0 radical (unpaired) electrons. The van der Waals surface area contributed by atoms with Crippen LogP contribution in [0, 0.1) is 11.3 Å². The third-order valence-corrected chi connectivity index (χ3v) is 4.08. The molecule has 3 rings (SSSR count). The minimum Gasteiger partial charge on any atom is -0.545 e. The van der Waals surface area contributed by atoms with Gasteiger partial charge in [-0.25, -0.2) is 0 Å². The van der Waals surface area contributed by atoms with Crippen molar-refractivity contribution in [1.29, 1.82) is 5.26 Å². The second-order valence-corrected chi connectivity index (χ2v) is 5.89. The van der Waals surface area contributed by atoms with Crippen molar-refractivity contribution in [2.45, 2.75) is 6.18 Å². The molecule has 0 fully saturated rings. The Hall–Kier alpha value is -3.79. The van der Waals surface area contributed by atoms with Crippen molar-refractivity contribution < 1.29 is 23.1 Å². The van der Waals surface area contributed by atoms with Crippen LogP contribution in [0.1, 0.15) is 27.2 Å². The zero-order valence-electron chi connectivity index (χ0n) is 14.3. The summed E-state index contributed by atoms with van der Waals surface area (Å²) in [5, 5.41) is 20.5. The number of hydrogen-bond donors (Lipinski definition) is 0. The van der Waals surface area contributed by atoms with Gasteiger partial charge in [-0.1, -0.05) is 24.3 Å². The molecule has 0 aliphatic heterocycles. The van der Waals surface area contributed by atoms with Gasteiger partial charge in [0.2, 0.25) is 0 Å². The van der Waals surface area contributed by atoms with Gasteiger partial charge in [-0.3, -0.25) is 0 Å². The van der Waals surface area contributed by atoms with Gasteiger partial charge in [-0.15, -0.1) is 0 Å². The molecule has 0 aliphatic rings. The molecule has 140 valence electrons. The van der Waals surface area contributed by atoms with E-state index in [1.54, 1.807) is 35.0 Å². The summed E-state index contributed by atoms with van der Waals surface area (Å²) < 4.78 is 39.8. The van der Waals surface area contributed by atoms with Crippen molar-refractivity contribution in [3.63, 3.8) is 0 Å². The molecule has 28 heavy (non-hydrogen) atoms. The summed E-state index contributed by atoms with van der Waals surface area (Å²) in [4.78, 5) is 11.1. The zero-order valence-corrected chi connectivity index (χ0v) is 14.3. The van der Waals surface area contributed by atoms with Gasteiger partial charge < -0.3 is 14.5 Å². The number of nitrogens with zero attached hydrogens (tertiary/aromatic N) is 2. The van der Waals surface area contributed by atoms with E-state index in [2.05, 4.69) is 0 Å². The number of allylic oxidation sites excluding steroid dienone is 1. The number of aromatic carboxylic acids is 1. The Morgan fingerprint density at radius 3 is 2.36 bits per heavy atom. The molecule has 0 aliphatic carbocycles. The number of carbonyl (C=O) groups excluding carboxylic acids is 1. The molecular weight excluding hydrogens is 369 g/mol. The molecule has 0 N–H and O–H groups in total. The Kier molecular flexibility index (Phi) is 5.05. The summed E-state index contributed by atoms with van der Waals surface area (Å²) in [5.41, 5.74) is 0.825. The van der Waals surface area contributed by atoms with Crippen LogP contribution in [0.3, 0.4) is 0 Å². The first-order valence-corrected chi connectivity index (χ1v) is 8.08. The Morgan fingerprint density at radius 2 is 1.75 bits per heavy atom. The van der Waals surface area contributed by atoms with Crippen LogP contribution in [0.4, 0.5) is 13.2 Å². The highest BCUT2D eigenvalue weighted by atomic mass is 19.4. The number of aromatic nitrogens is 1. The largest absolute Gasteiger partial charge is 0.545 e. The van der Waals surface area contributed by atoms with Crippen LogP contribution in [0.2, 0.25) is 0 Å². The number of rotatable bonds is 4. The van der Waals surface area contributed by atoms with Gasteiger partial charge >= 0.3 is 6.18 Å². The van der Waals surface area contributed by atoms with Crippen LogP contribution in [-0.4, -0.2) is 10.5 Å². The Balaban J connectivity index is 2.00. The maximum absolute atomic E-state index is 12.7. The standard InChI is InChI=1S/C21H13F3N2O2/c22-21(23,24)17-8-6-14(7-9-17)16(13-25)12-19-5-2-10-26(19)18-4-1-3-15(11-18)20(27)28/h1-12H,(H,27,28)/p-1/b16-12+. The van der Waals surface area contributed by atoms with E-state index in [1.165, 1.54) is 30.3 Å². The van der Waals surface area contributed by atoms with Crippen molar-refractivity contribution in [1.82, 2.24) is 4.57 Å². The summed E-state index contributed by atoms with van der Waals surface area (Å²) in [7, 11) is 0. The van der Waals surface area contributed by atoms with Gasteiger partial charge in [-0.2, -0.15) is 18.4 Å². The lowest BCUT2D eigenvalue weighted by Crippen LogP contribution is -2.22. The van der Waals surface area contributed by atoms with Crippen LogP contribution >= 0.6 is 0 Å². The van der Waals surface area contributed by atoms with Gasteiger partial charge in [0.1, 0.15) is 0 Å². The fourth-order valence-electron chi connectivity index (χ4n) is 2.70. The number of carboxylic acid groups (broad SMARTS) is 1. The average Bonchev–Trinajstić information content (AvgIpc) is 3.14. The third-order valence-electron chi connectivity index (χ3n) is 4.08. The van der Waals surface area contributed by atoms with Crippen molar-refractivity contribution in [2.75, 3.05) is 0 Å². The van der Waals surface area contributed by atoms with E-state index in [-0.39, 0.29) is 11.1 Å². The average molecular weight is 381 g/mol. The van der Waals surface area contributed by atoms with Crippen molar-refractivity contribution >= 4 is 17.6 Å². The fraction of sp³-hybridized carbons (Fsp3) is 0.0476. The number of alkyl halides is 3. The highest BCUT2D eigenvalue weighted by Crippen LogP contribution is 2.30. The highest BCUT2D eigenvalue weighted by Gasteiger charge is 2.30. The zero-order chi connectivity index (χ0) is 20.3. The SMILES string of the molecule is N#C/C(=C\c1cccn1-c1cccc(C(=O)[O-])c1)c1ccc(C(F)(F)F)cc1. The Labute approximate surface area is 158 Å². The number of carbonyl (C=O) groups is 1. The lowest BCUT2D eigenvalue weighted by atomic mass is 10.0. The fourth-order valence-corrected chi connectivity index (χ4v) is 2.70. The van der Waals surface area contributed by atoms with Crippen LogP contribution in [0.25, 0.3) is 17.3 Å². The maximum atomic E-state index is 12.7. The van der Waals surface area contributed by atoms with Crippen LogP contribution in [0.5, 0.6) is 0 Å². The number of hydrogen-bond acceptors (Lipinski definition) is 3. The van der Waals surface area contributed by atoms with Crippen molar-refractivity contribution in [3.8, 4) is 11.8 Å². The van der Waals surface area contributed by atoms with Gasteiger partial charge in [0.15, 0.2) is 0 Å². The molecule has 0 spiro atoms. The second-order valence-electron chi connectivity index (χ2n) is 5.89. The predicted octanol–water partition coefficient (Wildman–Crippen LogP) is 3.92. The quantitative estimate of drug-likeness (QED) is 0.643. The van der Waals surface area contributed by atoms with E-state index in [9.17, 15) is 28.3 Å². The molecule has 4 nitrogen and oxygen atoms in total. The highest BCUT2D eigenvalue weighted by molar-refractivity contribution is 5.89. The minimum atomic E-state index is -4.45. The first-order valence-electron chi connectivity index (χ1n) is 8.08. The van der Waals surface area contributed by atoms with Gasteiger partial charge in [-0.05, 0) is 53.6 Å². The van der Waals surface area contributed by atoms with Crippen molar-refractivity contribution in [2.24, 2.45) is 0 Å². The summed E-state index contributed by atoms with van der Waals surface area (Å²) in [6, 6.07) is 15.8. The van der Waals surface area contributed by atoms with E-state index in [0.29, 0.717) is 16.9 Å². The molecular formula is C21H12F3N2O2-. The molecule has 7 heteroatoms. The first-order chi connectivity index (χ1) is 13.3. The molecule has 0 saturated heterocycles. The maximum Gasteiger partial charge on any atom is 0.416 e. The van der Waals surface area contributed by atoms with Crippen LogP contribution in [0.15, 0.2) is 66.9 Å². The van der Waals surface area contributed by atoms with Gasteiger partial charge in [0, 0.05) is 17.6 Å². The van der Waals surface area contributed by atoms with E-state index in [0.717, 1.165) is 12.1 Å². The van der Waals surface area contributed by atoms with Crippen LogP contribution in [-0.2, 0) is 6.18 Å². The lowest BCUT2D eigenvalue weighted by Gasteiger charge is -2.10. The third kappa shape index (κ3) is 3.96. The summed E-state index contributed by atoms with van der Waals surface area (Å²) >= 11 is 0. The van der Waals surface area contributed by atoms with Gasteiger partial charge in [0.05, 0.1) is 23.2 Å². The molecule has 1 heterocycles. The smallest absolute Gasteiger partial charge is 0.416 e. The number of carboxylic acids is 1. The predicted molar refractivity (Wildman–Crippen MR) is 95.0 cm³/mol. The molecule has 3 aromatic rings. The molecule has 0 unspecified atom stereocenters. The Morgan fingerprint density at radius 1 is 1.04 bits per heavy atom. The number of halogens is 3. The van der Waals surface area contributed by atoms with E-state index >= 15 is 0 Å². The molecule has 2 aromatic carbocycles. The summed E-state index contributed by atoms with van der Waals surface area (Å²) in [6.07, 6.45) is -1.25.